The monoisotopic (exact) mass is 375 g/mol. The lowest BCUT2D eigenvalue weighted by Gasteiger charge is -2.40. The highest BCUT2D eigenvalue weighted by Gasteiger charge is 2.45. The summed E-state index contributed by atoms with van der Waals surface area (Å²) in [5, 5.41) is 0. The molecule has 1 aromatic heterocycles. The maximum atomic E-state index is 12.7. The number of H-pyrrole nitrogens is 1. The summed E-state index contributed by atoms with van der Waals surface area (Å²) in [5.41, 5.74) is 1.71. The number of aromatic amines is 1. The van der Waals surface area contributed by atoms with Crippen LogP contribution < -0.4 is 10.5 Å². The van der Waals surface area contributed by atoms with Crippen LogP contribution in [0.15, 0.2) is 4.79 Å². The van der Waals surface area contributed by atoms with E-state index < -0.39 is 0 Å². The Balaban J connectivity index is 1.62. The molecule has 3 heterocycles. The molecule has 1 amide bonds. The van der Waals surface area contributed by atoms with Crippen LogP contribution in [0, 0.1) is 0 Å². The van der Waals surface area contributed by atoms with Gasteiger partial charge in [-0.2, -0.15) is 0 Å². The Bertz CT molecular complexity index is 771. The summed E-state index contributed by atoms with van der Waals surface area (Å²) in [4.78, 5) is 38.8. The van der Waals surface area contributed by atoms with Crippen LogP contribution >= 0.6 is 0 Å². The third kappa shape index (κ3) is 3.48. The lowest BCUT2D eigenvalue weighted by atomic mass is 9.77. The Labute approximate surface area is 159 Å². The zero-order valence-corrected chi connectivity index (χ0v) is 16.3. The van der Waals surface area contributed by atoms with E-state index in [1.807, 2.05) is 0 Å². The second kappa shape index (κ2) is 7.24. The molecular weight excluding hydrogens is 346 g/mol. The molecule has 148 valence electrons. The number of anilines is 1. The number of fused-ring (bicyclic) bond motifs is 2. The van der Waals surface area contributed by atoms with Crippen LogP contribution in [-0.4, -0.2) is 85.7 Å². The van der Waals surface area contributed by atoms with Crippen molar-refractivity contribution in [3.05, 3.63) is 21.6 Å². The van der Waals surface area contributed by atoms with Crippen molar-refractivity contribution in [2.45, 2.75) is 31.1 Å². The fourth-order valence-electron chi connectivity index (χ4n) is 4.66. The molecule has 1 aromatic rings. The van der Waals surface area contributed by atoms with Gasteiger partial charge in [0.1, 0.15) is 0 Å². The number of carbonyl (C=O) groups is 1. The van der Waals surface area contributed by atoms with E-state index in [9.17, 15) is 9.59 Å². The standard InChI is InChI=1S/C19H29N5O3/c1-22(2)15(25)12-23-7-3-5-19(13-23)6-4-14-16(19)20-18(21-17(14)26)24-8-10-27-11-9-24/h3-13H2,1-2H3,(H,20,21,26). The van der Waals surface area contributed by atoms with Gasteiger partial charge in [-0.3, -0.25) is 19.5 Å². The molecule has 4 rings (SSSR count). The first-order chi connectivity index (χ1) is 13.0. The predicted molar refractivity (Wildman–Crippen MR) is 102 cm³/mol. The van der Waals surface area contributed by atoms with E-state index in [2.05, 4.69) is 14.8 Å². The van der Waals surface area contributed by atoms with Gasteiger partial charge in [0.2, 0.25) is 11.9 Å². The van der Waals surface area contributed by atoms with E-state index in [-0.39, 0.29) is 16.9 Å². The van der Waals surface area contributed by atoms with Gasteiger partial charge >= 0.3 is 0 Å². The minimum Gasteiger partial charge on any atom is -0.378 e. The molecule has 2 saturated heterocycles. The Morgan fingerprint density at radius 1 is 1.26 bits per heavy atom. The number of rotatable bonds is 3. The molecule has 1 N–H and O–H groups in total. The lowest BCUT2D eigenvalue weighted by molar-refractivity contribution is -0.130. The van der Waals surface area contributed by atoms with E-state index in [0.717, 1.165) is 63.1 Å². The van der Waals surface area contributed by atoms with Crippen LogP contribution in [0.5, 0.6) is 0 Å². The molecule has 0 bridgehead atoms. The maximum absolute atomic E-state index is 12.7. The summed E-state index contributed by atoms with van der Waals surface area (Å²) in [6.45, 7) is 4.98. The van der Waals surface area contributed by atoms with Gasteiger partial charge in [-0.05, 0) is 32.2 Å². The third-order valence-corrected chi connectivity index (χ3v) is 6.18. The van der Waals surface area contributed by atoms with Crippen LogP contribution in [0.4, 0.5) is 5.95 Å². The number of nitrogens with zero attached hydrogens (tertiary/aromatic N) is 4. The van der Waals surface area contributed by atoms with Gasteiger partial charge in [-0.25, -0.2) is 4.98 Å². The molecule has 1 unspecified atom stereocenters. The molecule has 1 atom stereocenters. The van der Waals surface area contributed by atoms with Gasteiger partial charge in [0, 0.05) is 44.7 Å². The highest BCUT2D eigenvalue weighted by Crippen LogP contribution is 2.43. The fourth-order valence-corrected chi connectivity index (χ4v) is 4.66. The highest BCUT2D eigenvalue weighted by atomic mass is 16.5. The van der Waals surface area contributed by atoms with Gasteiger partial charge in [0.15, 0.2) is 0 Å². The SMILES string of the molecule is CN(C)C(=O)CN1CCCC2(CCc3c2nc(N2CCOCC2)[nH]c3=O)C1. The number of likely N-dealkylation sites (tertiary alicyclic amines) is 1. The number of likely N-dealkylation sites (N-methyl/N-ethyl adjacent to an activating group) is 1. The van der Waals surface area contributed by atoms with E-state index in [0.29, 0.717) is 25.7 Å². The lowest BCUT2D eigenvalue weighted by Crippen LogP contribution is -2.49. The van der Waals surface area contributed by atoms with Gasteiger partial charge in [0.05, 0.1) is 25.5 Å². The Morgan fingerprint density at radius 2 is 2.04 bits per heavy atom. The first-order valence-electron chi connectivity index (χ1n) is 9.87. The molecule has 8 nitrogen and oxygen atoms in total. The quantitative estimate of drug-likeness (QED) is 0.799. The average Bonchev–Trinajstić information content (AvgIpc) is 3.01. The van der Waals surface area contributed by atoms with Crippen molar-refractivity contribution in [2.24, 2.45) is 0 Å². The molecule has 2 fully saturated rings. The van der Waals surface area contributed by atoms with Crippen molar-refractivity contribution in [1.82, 2.24) is 19.8 Å². The molecule has 3 aliphatic rings. The normalized spacial score (nSPS) is 25.6. The first kappa shape index (κ1) is 18.4. The van der Waals surface area contributed by atoms with Crippen LogP contribution in [-0.2, 0) is 21.4 Å². The maximum Gasteiger partial charge on any atom is 0.255 e. The molecule has 2 aliphatic heterocycles. The van der Waals surface area contributed by atoms with E-state index in [4.69, 9.17) is 9.72 Å². The van der Waals surface area contributed by atoms with Gasteiger partial charge < -0.3 is 14.5 Å². The van der Waals surface area contributed by atoms with Gasteiger partial charge in [-0.1, -0.05) is 0 Å². The second-order valence-electron chi connectivity index (χ2n) is 8.20. The third-order valence-electron chi connectivity index (χ3n) is 6.18. The summed E-state index contributed by atoms with van der Waals surface area (Å²) in [6, 6.07) is 0. The van der Waals surface area contributed by atoms with E-state index in [1.54, 1.807) is 19.0 Å². The molecule has 1 aliphatic carbocycles. The first-order valence-corrected chi connectivity index (χ1v) is 9.87. The second-order valence-corrected chi connectivity index (χ2v) is 8.20. The average molecular weight is 375 g/mol. The minimum absolute atomic E-state index is 0.000131. The molecule has 27 heavy (non-hydrogen) atoms. The topological polar surface area (TPSA) is 81.8 Å². The number of aromatic nitrogens is 2. The van der Waals surface area contributed by atoms with Crippen molar-refractivity contribution in [1.29, 1.82) is 0 Å². The van der Waals surface area contributed by atoms with Crippen molar-refractivity contribution in [3.63, 3.8) is 0 Å². The smallest absolute Gasteiger partial charge is 0.255 e. The van der Waals surface area contributed by atoms with Crippen molar-refractivity contribution >= 4 is 11.9 Å². The van der Waals surface area contributed by atoms with Gasteiger partial charge in [-0.15, -0.1) is 0 Å². The zero-order valence-electron chi connectivity index (χ0n) is 16.3. The molecule has 0 saturated carbocycles. The minimum atomic E-state index is -0.102. The zero-order chi connectivity index (χ0) is 19.0. The number of amides is 1. The summed E-state index contributed by atoms with van der Waals surface area (Å²) >= 11 is 0. The number of carbonyl (C=O) groups excluding carboxylic acids is 1. The van der Waals surface area contributed by atoms with Crippen molar-refractivity contribution in [2.75, 3.05) is 64.9 Å². The van der Waals surface area contributed by atoms with Crippen LogP contribution in [0.2, 0.25) is 0 Å². The Hall–Kier alpha value is -1.93. The Morgan fingerprint density at radius 3 is 2.78 bits per heavy atom. The molecular formula is C19H29N5O3. The Kier molecular flexibility index (Phi) is 4.94. The molecule has 0 radical (unpaired) electrons. The number of hydrogen-bond donors (Lipinski definition) is 1. The highest BCUT2D eigenvalue weighted by molar-refractivity contribution is 5.77. The number of hydrogen-bond acceptors (Lipinski definition) is 6. The van der Waals surface area contributed by atoms with Crippen molar-refractivity contribution < 1.29 is 9.53 Å². The summed E-state index contributed by atoms with van der Waals surface area (Å²) in [5.74, 6) is 0.794. The van der Waals surface area contributed by atoms with Crippen LogP contribution in [0.25, 0.3) is 0 Å². The summed E-state index contributed by atoms with van der Waals surface area (Å²) < 4.78 is 5.42. The van der Waals surface area contributed by atoms with Gasteiger partial charge in [0.25, 0.3) is 5.56 Å². The summed E-state index contributed by atoms with van der Waals surface area (Å²) in [7, 11) is 3.59. The molecule has 8 heteroatoms. The largest absolute Gasteiger partial charge is 0.378 e. The molecule has 0 aromatic carbocycles. The predicted octanol–water partition coefficient (Wildman–Crippen LogP) is -0.0255. The fraction of sp³-hybridized carbons (Fsp3) is 0.737. The number of nitrogens with one attached hydrogen (secondary N) is 1. The molecule has 1 spiro atoms. The number of ether oxygens (including phenoxy) is 1. The number of piperidine rings is 1. The van der Waals surface area contributed by atoms with Crippen molar-refractivity contribution in [3.8, 4) is 0 Å². The number of morpholine rings is 1. The van der Waals surface area contributed by atoms with E-state index >= 15 is 0 Å². The summed E-state index contributed by atoms with van der Waals surface area (Å²) in [6.07, 6.45) is 3.78. The van der Waals surface area contributed by atoms with E-state index in [1.165, 1.54) is 0 Å². The van der Waals surface area contributed by atoms with Crippen LogP contribution in [0.1, 0.15) is 30.5 Å². The van der Waals surface area contributed by atoms with Crippen LogP contribution in [0.3, 0.4) is 0 Å².